The predicted molar refractivity (Wildman–Crippen MR) is 145 cm³/mol. The Kier molecular flexibility index (Phi) is 10.2. The molecule has 2 fully saturated rings. The molecule has 0 heterocycles. The molecule has 3 rings (SSSR count). The number of hydrogen-bond acceptors (Lipinski definition) is 5. The van der Waals surface area contributed by atoms with Crippen molar-refractivity contribution < 1.29 is 23.9 Å². The number of carbonyl (C=O) groups is 4. The SMILES string of the molecule is CCc1ccc(C(C(=O)NC2CCCCC2)N(C(=O)C(CC(N)=O)NC(=O)OC(C)(C)C)C2CCC2)cc1. The molecule has 1 aromatic carbocycles. The lowest BCUT2D eigenvalue weighted by Gasteiger charge is -2.44. The molecular formula is C29H44N4O5. The van der Waals surface area contributed by atoms with E-state index < -0.39 is 42.0 Å². The minimum atomic E-state index is -1.25. The van der Waals surface area contributed by atoms with Crippen LogP contribution in [-0.2, 0) is 25.5 Å². The second-order valence-corrected chi connectivity index (χ2v) is 11.5. The maximum atomic E-state index is 14.1. The summed E-state index contributed by atoms with van der Waals surface area (Å²) in [5.41, 5.74) is 6.51. The Balaban J connectivity index is 1.97. The second-order valence-electron chi connectivity index (χ2n) is 11.5. The first-order chi connectivity index (χ1) is 18.0. The topological polar surface area (TPSA) is 131 Å². The summed E-state index contributed by atoms with van der Waals surface area (Å²) in [5, 5.41) is 5.75. The van der Waals surface area contributed by atoms with Gasteiger partial charge in [-0.3, -0.25) is 14.4 Å². The number of aryl methyl sites for hydroxylation is 1. The lowest BCUT2D eigenvalue weighted by atomic mass is 9.87. The fourth-order valence-corrected chi connectivity index (χ4v) is 5.11. The third-order valence-electron chi connectivity index (χ3n) is 7.30. The zero-order valence-electron chi connectivity index (χ0n) is 23.3. The summed E-state index contributed by atoms with van der Waals surface area (Å²) in [4.78, 5) is 54.1. The summed E-state index contributed by atoms with van der Waals surface area (Å²) in [6, 6.07) is 5.47. The molecule has 0 aliphatic heterocycles. The molecule has 0 radical (unpaired) electrons. The van der Waals surface area contributed by atoms with Gasteiger partial charge in [0.05, 0.1) is 6.42 Å². The molecule has 0 spiro atoms. The Morgan fingerprint density at radius 2 is 1.63 bits per heavy atom. The Labute approximate surface area is 226 Å². The van der Waals surface area contributed by atoms with Gasteiger partial charge in [-0.1, -0.05) is 50.5 Å². The van der Waals surface area contributed by atoms with Crippen LogP contribution in [0.5, 0.6) is 0 Å². The van der Waals surface area contributed by atoms with E-state index in [2.05, 4.69) is 17.6 Å². The van der Waals surface area contributed by atoms with Crippen LogP contribution in [0.2, 0.25) is 0 Å². The molecule has 2 atom stereocenters. The third kappa shape index (κ3) is 8.20. The lowest BCUT2D eigenvalue weighted by Crippen LogP contribution is -2.58. The number of nitrogens with one attached hydrogen (secondary N) is 2. The van der Waals surface area contributed by atoms with Crippen molar-refractivity contribution in [2.45, 2.75) is 122 Å². The van der Waals surface area contributed by atoms with Gasteiger partial charge in [0.2, 0.25) is 17.7 Å². The van der Waals surface area contributed by atoms with Crippen LogP contribution in [0.25, 0.3) is 0 Å². The first-order valence-electron chi connectivity index (χ1n) is 14.0. The van der Waals surface area contributed by atoms with Crippen molar-refractivity contribution in [3.05, 3.63) is 35.4 Å². The van der Waals surface area contributed by atoms with Crippen LogP contribution in [0.4, 0.5) is 4.79 Å². The first kappa shape index (κ1) is 29.5. The predicted octanol–water partition coefficient (Wildman–Crippen LogP) is 3.89. The number of primary amides is 1. The molecule has 0 aromatic heterocycles. The number of ether oxygens (including phenoxy) is 1. The van der Waals surface area contributed by atoms with Crippen molar-refractivity contribution in [3.63, 3.8) is 0 Å². The molecule has 4 amide bonds. The average molecular weight is 529 g/mol. The summed E-state index contributed by atoms with van der Waals surface area (Å²) >= 11 is 0. The lowest BCUT2D eigenvalue weighted by molar-refractivity contribution is -0.148. The van der Waals surface area contributed by atoms with Crippen LogP contribution in [0, 0.1) is 0 Å². The van der Waals surface area contributed by atoms with Crippen LogP contribution in [0.15, 0.2) is 24.3 Å². The second kappa shape index (κ2) is 13.1. The summed E-state index contributed by atoms with van der Waals surface area (Å²) in [5.74, 6) is -1.48. The van der Waals surface area contributed by atoms with Crippen LogP contribution in [-0.4, -0.2) is 52.4 Å². The van der Waals surface area contributed by atoms with Crippen LogP contribution >= 0.6 is 0 Å². The van der Waals surface area contributed by atoms with Crippen molar-refractivity contribution in [2.24, 2.45) is 5.73 Å². The van der Waals surface area contributed by atoms with Crippen LogP contribution in [0.1, 0.15) is 103 Å². The summed E-state index contributed by atoms with van der Waals surface area (Å²) < 4.78 is 5.35. The highest BCUT2D eigenvalue weighted by molar-refractivity contribution is 5.94. The van der Waals surface area contributed by atoms with Gasteiger partial charge in [-0.05, 0) is 70.4 Å². The fraction of sp³-hybridized carbons (Fsp3) is 0.655. The normalized spacial score (nSPS) is 18.0. The Morgan fingerprint density at radius 3 is 2.13 bits per heavy atom. The van der Waals surface area contributed by atoms with Gasteiger partial charge in [0.15, 0.2) is 0 Å². The van der Waals surface area contributed by atoms with Crippen LogP contribution in [0.3, 0.4) is 0 Å². The minimum absolute atomic E-state index is 0.0633. The molecule has 2 unspecified atom stereocenters. The molecule has 9 nitrogen and oxygen atoms in total. The van der Waals surface area contributed by atoms with E-state index in [1.54, 1.807) is 25.7 Å². The van der Waals surface area contributed by atoms with E-state index in [9.17, 15) is 19.2 Å². The maximum Gasteiger partial charge on any atom is 0.408 e. The quantitative estimate of drug-likeness (QED) is 0.424. The Hall–Kier alpha value is -3.10. The monoisotopic (exact) mass is 528 g/mol. The number of rotatable bonds is 10. The van der Waals surface area contributed by atoms with Gasteiger partial charge < -0.3 is 26.0 Å². The fourth-order valence-electron chi connectivity index (χ4n) is 5.11. The molecule has 9 heteroatoms. The standard InChI is InChI=1S/C29H44N4O5/c1-5-19-14-16-20(17-15-19)25(26(35)31-21-10-7-6-8-11-21)33(22-12-9-13-22)27(36)23(18-24(30)34)32-28(37)38-29(2,3)4/h14-17,21-23,25H,5-13,18H2,1-4H3,(H2,30,34)(H,31,35)(H,32,37). The number of carbonyl (C=O) groups excluding carboxylic acids is 4. The van der Waals surface area contributed by atoms with E-state index in [1.165, 1.54) is 0 Å². The minimum Gasteiger partial charge on any atom is -0.444 e. The van der Waals surface area contributed by atoms with E-state index in [1.807, 2.05) is 24.3 Å². The van der Waals surface area contributed by atoms with E-state index in [4.69, 9.17) is 10.5 Å². The van der Waals surface area contributed by atoms with Gasteiger partial charge in [0.25, 0.3) is 0 Å². The smallest absolute Gasteiger partial charge is 0.408 e. The van der Waals surface area contributed by atoms with Crippen molar-refractivity contribution >= 4 is 23.8 Å². The average Bonchev–Trinajstić information content (AvgIpc) is 2.81. The van der Waals surface area contributed by atoms with E-state index in [0.717, 1.165) is 63.4 Å². The van der Waals surface area contributed by atoms with E-state index in [0.29, 0.717) is 5.56 Å². The number of hydrogen-bond donors (Lipinski definition) is 3. The highest BCUT2D eigenvalue weighted by atomic mass is 16.6. The van der Waals surface area contributed by atoms with Crippen molar-refractivity contribution in [2.75, 3.05) is 0 Å². The Morgan fingerprint density at radius 1 is 1.00 bits per heavy atom. The molecule has 2 aliphatic rings. The van der Waals surface area contributed by atoms with Crippen molar-refractivity contribution in [1.82, 2.24) is 15.5 Å². The van der Waals surface area contributed by atoms with Gasteiger partial charge in [0, 0.05) is 12.1 Å². The molecule has 0 bridgehead atoms. The van der Waals surface area contributed by atoms with Gasteiger partial charge >= 0.3 is 6.09 Å². The summed E-state index contributed by atoms with van der Waals surface area (Å²) in [6.45, 7) is 7.19. The number of amides is 4. The zero-order valence-corrected chi connectivity index (χ0v) is 23.3. The molecule has 2 saturated carbocycles. The van der Waals surface area contributed by atoms with Gasteiger partial charge in [-0.25, -0.2) is 4.79 Å². The Bertz CT molecular complexity index is 978. The van der Waals surface area contributed by atoms with E-state index in [-0.39, 0.29) is 18.0 Å². The van der Waals surface area contributed by atoms with Crippen LogP contribution < -0.4 is 16.4 Å². The third-order valence-corrected chi connectivity index (χ3v) is 7.30. The highest BCUT2D eigenvalue weighted by Crippen LogP contribution is 2.34. The van der Waals surface area contributed by atoms with Crippen molar-refractivity contribution in [1.29, 1.82) is 0 Å². The van der Waals surface area contributed by atoms with Gasteiger partial charge in [-0.2, -0.15) is 0 Å². The maximum absolute atomic E-state index is 14.1. The molecule has 2 aliphatic carbocycles. The number of nitrogens with two attached hydrogens (primary N) is 1. The number of benzene rings is 1. The van der Waals surface area contributed by atoms with Crippen molar-refractivity contribution in [3.8, 4) is 0 Å². The zero-order chi connectivity index (χ0) is 27.9. The molecule has 210 valence electrons. The number of nitrogens with zero attached hydrogens (tertiary/aromatic N) is 1. The number of alkyl carbamates (subject to hydrolysis) is 1. The molecule has 0 saturated heterocycles. The summed E-state index contributed by atoms with van der Waals surface area (Å²) in [7, 11) is 0. The summed E-state index contributed by atoms with van der Waals surface area (Å²) in [6.07, 6.45) is 7.15. The highest BCUT2D eigenvalue weighted by Gasteiger charge is 2.42. The molecule has 4 N–H and O–H groups in total. The first-order valence-corrected chi connectivity index (χ1v) is 14.0. The molecule has 38 heavy (non-hydrogen) atoms. The molecule has 1 aromatic rings. The molecular weight excluding hydrogens is 484 g/mol. The largest absolute Gasteiger partial charge is 0.444 e. The van der Waals surface area contributed by atoms with Gasteiger partial charge in [-0.15, -0.1) is 0 Å². The van der Waals surface area contributed by atoms with Gasteiger partial charge in [0.1, 0.15) is 17.7 Å². The van der Waals surface area contributed by atoms with E-state index >= 15 is 0 Å².